The molecule has 2 saturated heterocycles. The van der Waals surface area contributed by atoms with E-state index in [2.05, 4.69) is 16.0 Å². The highest BCUT2D eigenvalue weighted by Crippen LogP contribution is 2.38. The van der Waals surface area contributed by atoms with Gasteiger partial charge < -0.3 is 64.9 Å². The molecule has 0 bridgehead atoms. The van der Waals surface area contributed by atoms with Crippen LogP contribution < -0.4 is 16.0 Å². The summed E-state index contributed by atoms with van der Waals surface area (Å²) in [5, 5.41) is 20.0. The molecule has 28 heteroatoms. The number of hydrogen-bond acceptors (Lipinski definition) is 14. The molecule has 24 nitrogen and oxygen atoms in total. The van der Waals surface area contributed by atoms with Gasteiger partial charge in [0.15, 0.2) is 0 Å². The Kier molecular flexibility index (Phi) is 28.9. The highest BCUT2D eigenvalue weighted by Gasteiger charge is 2.51. The molecular formula is C65H101ClF3N11O13. The van der Waals surface area contributed by atoms with Crippen LogP contribution in [-0.4, -0.2) is 252 Å². The molecule has 0 aromatic heterocycles. The third-order valence-corrected chi connectivity index (χ3v) is 19.4. The fourth-order valence-electron chi connectivity index (χ4n) is 13.1. The van der Waals surface area contributed by atoms with Crippen molar-refractivity contribution >= 4 is 77.0 Å². The van der Waals surface area contributed by atoms with Crippen molar-refractivity contribution in [2.75, 3.05) is 88.7 Å². The first-order valence-electron chi connectivity index (χ1n) is 32.8. The minimum absolute atomic E-state index is 0.0291. The summed E-state index contributed by atoms with van der Waals surface area (Å²) in [5.74, 6) is -7.83. The summed E-state index contributed by atoms with van der Waals surface area (Å²) in [7, 11) is 9.73. The van der Waals surface area contributed by atoms with Crippen LogP contribution in [0.25, 0.3) is 0 Å². The Labute approximate surface area is 550 Å². The second kappa shape index (κ2) is 34.8. The van der Waals surface area contributed by atoms with Gasteiger partial charge in [-0.05, 0) is 107 Å². The predicted octanol–water partition coefficient (Wildman–Crippen LogP) is 3.86. The van der Waals surface area contributed by atoms with E-state index in [0.717, 1.165) is 51.0 Å². The predicted molar refractivity (Wildman–Crippen MR) is 340 cm³/mol. The zero-order valence-corrected chi connectivity index (χ0v) is 57.1. The molecular weight excluding hydrogens is 1240 g/mol. The van der Waals surface area contributed by atoms with Gasteiger partial charge in [-0.3, -0.25) is 52.8 Å². The molecule has 2 aliphatic carbocycles. The Morgan fingerprint density at radius 1 is 0.731 bits per heavy atom. The number of aldehydes is 1. The molecule has 522 valence electrons. The largest absolute Gasteiger partial charge is 0.417 e. The molecule has 93 heavy (non-hydrogen) atoms. The van der Waals surface area contributed by atoms with Crippen LogP contribution in [-0.2, 0) is 70.1 Å². The SMILES string of the molecule is CCCOC[C@H]1C(=O)N(C)CC(=O)N[C@@H](CCc2ccc(C(F)(F)F)c(Cl)c2)C(=O)N2CCC[C@H]2C(=O)NC2(CCCC2)C(=O)N(C)C(C2CCCCC2)C(=O)N(C)C(C=O)CC(O)N(C)[C@@H](CC(C)C)C(=O)N[C@@H]([C@@H](C)CC)C(=O)N(C)CC(=O)N(C)CC(=O)N1C. The van der Waals surface area contributed by atoms with Crippen molar-refractivity contribution in [3.63, 3.8) is 0 Å². The molecule has 4 N–H and O–H groups in total. The Hall–Kier alpha value is -6.45. The standard InChI is InChI=1S/C65H101ClF3N11O13/c1-13-31-93-39-50-60(89)74(7)35-51(82)70-47(27-25-42-24-26-45(46(66)33-42)65(67,68)69)59(88)80-30-20-23-48(80)58(87)72-64(28-18-19-29-64)63(92)79(12)56(43-21-16-15-17-22-43)62(91)76(9)44(38-81)34-52(83)77(10)49(32-40(3)4)57(86)71-55(41(5)14-2)61(90)75(8)36-53(84)73(6)37-54(85)78(50)11/h24,26,33,38,40-41,43-44,47-50,52,55-56,83H,13-23,25,27-32,34-37,39H2,1-12H3,(H,70,82)(H,71,86)(H,72,87)/t41-,44?,47-,48-,49-,50-,52?,55-,56?/m0/s1. The van der Waals surface area contributed by atoms with Gasteiger partial charge in [0.1, 0.15) is 48.3 Å². The first kappa shape index (κ1) is 77.3. The third kappa shape index (κ3) is 20.1. The van der Waals surface area contributed by atoms with Gasteiger partial charge in [-0.1, -0.05) is 90.8 Å². The molecule has 2 aliphatic heterocycles. The number of hydrogen-bond donors (Lipinski definition) is 4. The van der Waals surface area contributed by atoms with Gasteiger partial charge in [-0.2, -0.15) is 13.2 Å². The number of halogens is 4. The Morgan fingerprint density at radius 2 is 1.37 bits per heavy atom. The van der Waals surface area contributed by atoms with Crippen molar-refractivity contribution in [2.45, 2.75) is 204 Å². The number of alkyl halides is 3. The van der Waals surface area contributed by atoms with Crippen molar-refractivity contribution < 1.29 is 75.8 Å². The van der Waals surface area contributed by atoms with E-state index in [1.807, 2.05) is 27.7 Å². The number of nitrogens with zero attached hydrogens (tertiary/aromatic N) is 8. The Morgan fingerprint density at radius 3 is 1.96 bits per heavy atom. The van der Waals surface area contributed by atoms with Gasteiger partial charge in [0, 0.05) is 61.9 Å². The van der Waals surface area contributed by atoms with Gasteiger partial charge in [-0.15, -0.1) is 0 Å². The van der Waals surface area contributed by atoms with Crippen molar-refractivity contribution in [3.05, 3.63) is 34.3 Å². The normalized spacial score (nSPS) is 26.8. The summed E-state index contributed by atoms with van der Waals surface area (Å²) in [5.41, 5.74) is -2.34. The van der Waals surface area contributed by atoms with Crippen LogP contribution in [0.15, 0.2) is 18.2 Å². The number of aliphatic hydroxyl groups is 1. The van der Waals surface area contributed by atoms with Crippen LogP contribution in [0.3, 0.4) is 0 Å². The van der Waals surface area contributed by atoms with E-state index in [0.29, 0.717) is 51.2 Å². The molecule has 5 rings (SSSR count). The maximum Gasteiger partial charge on any atom is 0.417 e. The lowest BCUT2D eigenvalue weighted by Gasteiger charge is -2.43. The van der Waals surface area contributed by atoms with Crippen LogP contribution in [0.1, 0.15) is 148 Å². The van der Waals surface area contributed by atoms with Crippen LogP contribution in [0.4, 0.5) is 13.2 Å². The molecule has 9 atom stereocenters. The highest BCUT2D eigenvalue weighted by molar-refractivity contribution is 6.31. The van der Waals surface area contributed by atoms with Gasteiger partial charge in [0.05, 0.1) is 48.9 Å². The summed E-state index contributed by atoms with van der Waals surface area (Å²) < 4.78 is 47.1. The third-order valence-electron chi connectivity index (χ3n) is 19.1. The second-order valence-corrected chi connectivity index (χ2v) is 26.9. The van der Waals surface area contributed by atoms with E-state index >= 15 is 14.4 Å². The second-order valence-electron chi connectivity index (χ2n) is 26.5. The number of ether oxygens (including phenoxy) is 1. The lowest BCUT2D eigenvalue weighted by atomic mass is 9.81. The molecule has 4 fully saturated rings. The number of nitrogens with one attached hydrogen (secondary N) is 3. The van der Waals surface area contributed by atoms with E-state index in [1.165, 1.54) is 75.0 Å². The molecule has 0 radical (unpaired) electrons. The molecule has 2 heterocycles. The number of fused-ring (bicyclic) bond motifs is 1. The number of carbonyl (C=O) groups excluding carboxylic acids is 11. The minimum atomic E-state index is -4.76. The van der Waals surface area contributed by atoms with Gasteiger partial charge in [0.25, 0.3) is 0 Å². The summed E-state index contributed by atoms with van der Waals surface area (Å²) in [6.07, 6.45) is 0.0956. The summed E-state index contributed by atoms with van der Waals surface area (Å²) in [6.45, 7) is 7.22. The van der Waals surface area contributed by atoms with Crippen molar-refractivity contribution in [2.24, 2.45) is 17.8 Å². The van der Waals surface area contributed by atoms with Gasteiger partial charge >= 0.3 is 6.18 Å². The zero-order valence-electron chi connectivity index (χ0n) is 56.4. The lowest BCUT2D eigenvalue weighted by Crippen LogP contribution is -2.65. The van der Waals surface area contributed by atoms with Gasteiger partial charge in [0.2, 0.25) is 59.1 Å². The smallest absolute Gasteiger partial charge is 0.379 e. The van der Waals surface area contributed by atoms with E-state index in [4.69, 9.17) is 16.3 Å². The molecule has 1 aromatic carbocycles. The number of aryl methyl sites for hydroxylation is 1. The number of likely N-dealkylation sites (N-methyl/N-ethyl adjacent to an activating group) is 7. The quantitative estimate of drug-likeness (QED) is 0.161. The van der Waals surface area contributed by atoms with Crippen molar-refractivity contribution in [1.29, 1.82) is 0 Å². The number of benzene rings is 1. The number of carbonyl (C=O) groups is 11. The minimum Gasteiger partial charge on any atom is -0.379 e. The first-order chi connectivity index (χ1) is 43.7. The molecule has 4 aliphatic rings. The Bertz CT molecular complexity index is 2800. The van der Waals surface area contributed by atoms with Crippen LogP contribution in [0.5, 0.6) is 0 Å². The molecule has 10 amide bonds. The molecule has 1 spiro atoms. The lowest BCUT2D eigenvalue weighted by molar-refractivity contribution is -0.154. The molecule has 1 aromatic rings. The van der Waals surface area contributed by atoms with Crippen LogP contribution >= 0.6 is 11.6 Å². The maximum atomic E-state index is 15.4. The molecule has 2 saturated carbocycles. The van der Waals surface area contributed by atoms with E-state index in [9.17, 15) is 56.6 Å². The topological polar surface area (TPSA) is 279 Å². The average molecular weight is 1340 g/mol. The summed E-state index contributed by atoms with van der Waals surface area (Å²) >= 11 is 6.11. The zero-order chi connectivity index (χ0) is 69.4. The van der Waals surface area contributed by atoms with Crippen LogP contribution in [0, 0.1) is 17.8 Å². The monoisotopic (exact) mass is 1340 g/mol. The fourth-order valence-corrected chi connectivity index (χ4v) is 13.4. The number of rotatable bonds is 13. The number of aliphatic hydroxyl groups excluding tert-OH is 1. The fraction of sp³-hybridized carbons (Fsp3) is 0.738. The highest BCUT2D eigenvalue weighted by atomic mass is 35.5. The first-order valence-corrected chi connectivity index (χ1v) is 33.2. The van der Waals surface area contributed by atoms with E-state index in [1.54, 1.807) is 6.92 Å². The summed E-state index contributed by atoms with van der Waals surface area (Å²) in [4.78, 5) is 169. The van der Waals surface area contributed by atoms with Gasteiger partial charge in [-0.25, -0.2) is 0 Å². The van der Waals surface area contributed by atoms with Crippen molar-refractivity contribution in [3.8, 4) is 0 Å². The maximum absolute atomic E-state index is 15.4. The van der Waals surface area contributed by atoms with Crippen molar-refractivity contribution in [1.82, 2.24) is 55.1 Å². The van der Waals surface area contributed by atoms with E-state index in [-0.39, 0.29) is 82.1 Å². The van der Waals surface area contributed by atoms with E-state index < -0.39 is 155 Å². The Balaban J connectivity index is 1.58. The average Bonchev–Trinajstić information content (AvgIpc) is 1.77. The summed E-state index contributed by atoms with van der Waals surface area (Å²) in [6, 6.07) is -5.53. The number of amides is 10. The molecule has 3 unspecified atom stereocenters. The van der Waals surface area contributed by atoms with Crippen LogP contribution in [0.2, 0.25) is 5.02 Å².